The van der Waals surface area contributed by atoms with Crippen molar-refractivity contribution in [3.8, 4) is 0 Å². The van der Waals surface area contributed by atoms with Crippen LogP contribution in [0.1, 0.15) is 25.6 Å². The zero-order chi connectivity index (χ0) is 13.3. The summed E-state index contributed by atoms with van der Waals surface area (Å²) in [6, 6.07) is 5.58. The number of fused-ring (bicyclic) bond motifs is 1. The molecule has 2 aromatic rings. The second kappa shape index (κ2) is 4.78. The summed E-state index contributed by atoms with van der Waals surface area (Å²) in [6.07, 6.45) is 0. The third kappa shape index (κ3) is 1.86. The van der Waals surface area contributed by atoms with E-state index in [1.165, 1.54) is 25.6 Å². The summed E-state index contributed by atoms with van der Waals surface area (Å²) in [4.78, 5) is 23.8. The van der Waals surface area contributed by atoms with Gasteiger partial charge in [-0.3, -0.25) is 0 Å². The number of hydrogen-bond acceptors (Lipinski definition) is 5. The van der Waals surface area contributed by atoms with Crippen molar-refractivity contribution >= 4 is 33.4 Å². The summed E-state index contributed by atoms with van der Waals surface area (Å²) < 4.78 is 10.3. The Morgan fingerprint density at radius 1 is 1.11 bits per heavy atom. The molecule has 0 amide bonds. The molecule has 94 valence electrons. The molecule has 2 rings (SSSR count). The minimum atomic E-state index is -0.521. The van der Waals surface area contributed by atoms with Crippen molar-refractivity contribution in [2.24, 2.45) is 0 Å². The van der Waals surface area contributed by atoms with Crippen molar-refractivity contribution in [1.82, 2.24) is 0 Å². The summed E-state index contributed by atoms with van der Waals surface area (Å²) in [5.74, 6) is -1.04. The van der Waals surface area contributed by atoms with Crippen LogP contribution in [0.25, 0.3) is 10.1 Å². The lowest BCUT2D eigenvalue weighted by Gasteiger charge is -2.01. The molecule has 18 heavy (non-hydrogen) atoms. The summed E-state index contributed by atoms with van der Waals surface area (Å²) in [7, 11) is 2.59. The summed E-state index contributed by atoms with van der Waals surface area (Å²) >= 11 is 1.25. The molecule has 4 nitrogen and oxygen atoms in total. The van der Waals surface area contributed by atoms with E-state index in [1.807, 2.05) is 19.1 Å². The Balaban J connectivity index is 2.80. The van der Waals surface area contributed by atoms with Crippen molar-refractivity contribution in [2.75, 3.05) is 14.2 Å². The van der Waals surface area contributed by atoms with Crippen LogP contribution in [0, 0.1) is 6.92 Å². The van der Waals surface area contributed by atoms with E-state index in [-0.39, 0.29) is 10.4 Å². The smallest absolute Gasteiger partial charge is 0.348 e. The molecule has 5 heteroatoms. The quantitative estimate of drug-likeness (QED) is 0.783. The Hall–Kier alpha value is -1.88. The average molecular weight is 264 g/mol. The molecule has 0 atom stereocenters. The van der Waals surface area contributed by atoms with Gasteiger partial charge in [0.15, 0.2) is 0 Å². The molecule has 0 N–H and O–H groups in total. The van der Waals surface area contributed by atoms with E-state index in [9.17, 15) is 9.59 Å². The van der Waals surface area contributed by atoms with Crippen LogP contribution >= 0.6 is 11.3 Å². The first kappa shape index (κ1) is 12.6. The molecule has 1 heterocycles. The van der Waals surface area contributed by atoms with Crippen LogP contribution in [0.2, 0.25) is 0 Å². The first-order valence-electron chi connectivity index (χ1n) is 5.29. The van der Waals surface area contributed by atoms with Gasteiger partial charge in [-0.15, -0.1) is 11.3 Å². The Kier molecular flexibility index (Phi) is 3.34. The summed E-state index contributed by atoms with van der Waals surface area (Å²) in [5.41, 5.74) is 1.30. The highest BCUT2D eigenvalue weighted by Gasteiger charge is 2.25. The van der Waals surface area contributed by atoms with E-state index >= 15 is 0 Å². The molecule has 0 unspecified atom stereocenters. The van der Waals surface area contributed by atoms with Gasteiger partial charge in [-0.1, -0.05) is 18.2 Å². The molecule has 0 bridgehead atoms. The molecular formula is C13H12O4S. The van der Waals surface area contributed by atoms with Gasteiger partial charge in [0, 0.05) is 10.1 Å². The van der Waals surface area contributed by atoms with Gasteiger partial charge in [-0.05, 0) is 12.5 Å². The van der Waals surface area contributed by atoms with Gasteiger partial charge >= 0.3 is 11.9 Å². The number of carbonyl (C=O) groups excluding carboxylic acids is 2. The van der Waals surface area contributed by atoms with Gasteiger partial charge in [0.1, 0.15) is 4.88 Å². The molecule has 0 fully saturated rings. The van der Waals surface area contributed by atoms with Gasteiger partial charge in [-0.2, -0.15) is 0 Å². The first-order chi connectivity index (χ1) is 8.60. The molecule has 0 saturated carbocycles. The number of aryl methyl sites for hydroxylation is 1. The number of benzene rings is 1. The second-order valence-corrected chi connectivity index (χ2v) is 4.76. The monoisotopic (exact) mass is 264 g/mol. The number of methoxy groups -OCH3 is 2. The fourth-order valence-electron chi connectivity index (χ4n) is 1.80. The zero-order valence-corrected chi connectivity index (χ0v) is 11.1. The minimum Gasteiger partial charge on any atom is -0.465 e. The zero-order valence-electron chi connectivity index (χ0n) is 10.3. The lowest BCUT2D eigenvalue weighted by Crippen LogP contribution is -2.08. The van der Waals surface area contributed by atoms with Crippen molar-refractivity contribution in [2.45, 2.75) is 6.92 Å². The van der Waals surface area contributed by atoms with Gasteiger partial charge in [0.05, 0.1) is 19.8 Å². The molecule has 0 radical (unpaired) electrons. The lowest BCUT2D eigenvalue weighted by molar-refractivity contribution is 0.0561. The molecule has 1 aromatic carbocycles. The third-order valence-corrected chi connectivity index (χ3v) is 3.99. The molecule has 0 aliphatic heterocycles. The lowest BCUT2D eigenvalue weighted by atomic mass is 10.1. The Labute approximate surface area is 108 Å². The minimum absolute atomic E-state index is 0.285. The van der Waals surface area contributed by atoms with E-state index in [4.69, 9.17) is 9.47 Å². The normalized spacial score (nSPS) is 10.4. The SMILES string of the molecule is COC(=O)c1sc2c(C)cccc2c1C(=O)OC. The van der Waals surface area contributed by atoms with E-state index in [0.717, 1.165) is 15.6 Å². The van der Waals surface area contributed by atoms with Gasteiger partial charge in [0.2, 0.25) is 0 Å². The maximum Gasteiger partial charge on any atom is 0.348 e. The Morgan fingerprint density at radius 2 is 1.78 bits per heavy atom. The predicted octanol–water partition coefficient (Wildman–Crippen LogP) is 2.78. The van der Waals surface area contributed by atoms with E-state index in [0.29, 0.717) is 0 Å². The van der Waals surface area contributed by atoms with Crippen LogP contribution in [0.15, 0.2) is 18.2 Å². The fourth-order valence-corrected chi connectivity index (χ4v) is 2.98. The second-order valence-electron chi connectivity index (χ2n) is 3.74. The fraction of sp³-hybridized carbons (Fsp3) is 0.231. The molecule has 0 saturated heterocycles. The van der Waals surface area contributed by atoms with Crippen LogP contribution in [-0.4, -0.2) is 26.2 Å². The molecule has 0 aliphatic rings. The standard InChI is InChI=1S/C13H12O4S/c1-7-5-4-6-8-9(12(14)16-2)11(13(15)17-3)18-10(7)8/h4-6H,1-3H3. The van der Waals surface area contributed by atoms with E-state index in [1.54, 1.807) is 6.07 Å². The number of rotatable bonds is 2. The van der Waals surface area contributed by atoms with Crippen LogP contribution in [0.4, 0.5) is 0 Å². The van der Waals surface area contributed by atoms with Gasteiger partial charge in [0.25, 0.3) is 0 Å². The topological polar surface area (TPSA) is 52.6 Å². The van der Waals surface area contributed by atoms with Crippen LogP contribution < -0.4 is 0 Å². The average Bonchev–Trinajstić information content (AvgIpc) is 2.77. The highest BCUT2D eigenvalue weighted by atomic mass is 32.1. The van der Waals surface area contributed by atoms with Gasteiger partial charge in [-0.25, -0.2) is 9.59 Å². The molecule has 0 aliphatic carbocycles. The number of thiophene rings is 1. The Bertz CT molecular complexity index is 627. The van der Waals surface area contributed by atoms with E-state index < -0.39 is 11.9 Å². The number of carbonyl (C=O) groups is 2. The summed E-state index contributed by atoms with van der Waals surface area (Å²) in [6.45, 7) is 1.93. The molecule has 1 aromatic heterocycles. The van der Waals surface area contributed by atoms with Crippen molar-refractivity contribution in [3.63, 3.8) is 0 Å². The third-order valence-electron chi connectivity index (χ3n) is 2.67. The van der Waals surface area contributed by atoms with Crippen LogP contribution in [-0.2, 0) is 9.47 Å². The van der Waals surface area contributed by atoms with Crippen molar-refractivity contribution in [3.05, 3.63) is 34.2 Å². The summed E-state index contributed by atoms with van der Waals surface area (Å²) in [5, 5.41) is 0.729. The van der Waals surface area contributed by atoms with Crippen molar-refractivity contribution < 1.29 is 19.1 Å². The highest BCUT2D eigenvalue weighted by Crippen LogP contribution is 2.34. The maximum absolute atomic E-state index is 11.8. The first-order valence-corrected chi connectivity index (χ1v) is 6.10. The molecular weight excluding hydrogens is 252 g/mol. The molecule has 0 spiro atoms. The number of ether oxygens (including phenoxy) is 2. The van der Waals surface area contributed by atoms with Crippen molar-refractivity contribution in [1.29, 1.82) is 0 Å². The van der Waals surface area contributed by atoms with Gasteiger partial charge < -0.3 is 9.47 Å². The predicted molar refractivity (Wildman–Crippen MR) is 69.2 cm³/mol. The van der Waals surface area contributed by atoms with Crippen LogP contribution in [0.3, 0.4) is 0 Å². The van der Waals surface area contributed by atoms with Crippen LogP contribution in [0.5, 0.6) is 0 Å². The number of esters is 2. The number of hydrogen-bond donors (Lipinski definition) is 0. The highest BCUT2D eigenvalue weighted by molar-refractivity contribution is 7.21. The van der Waals surface area contributed by atoms with E-state index in [2.05, 4.69) is 0 Å². The maximum atomic E-state index is 11.8. The largest absolute Gasteiger partial charge is 0.465 e. The Morgan fingerprint density at radius 3 is 2.39 bits per heavy atom.